The molecule has 0 aliphatic carbocycles. The fourth-order valence-corrected chi connectivity index (χ4v) is 2.21. The third-order valence-corrected chi connectivity index (χ3v) is 3.13. The molecule has 1 aromatic heterocycles. The Morgan fingerprint density at radius 1 is 1.47 bits per heavy atom. The van der Waals surface area contributed by atoms with Crippen LogP contribution >= 0.6 is 11.3 Å². The summed E-state index contributed by atoms with van der Waals surface area (Å²) in [6.07, 6.45) is 0.113. The van der Waals surface area contributed by atoms with Gasteiger partial charge in [-0.25, -0.2) is 9.37 Å². The summed E-state index contributed by atoms with van der Waals surface area (Å²) in [6, 6.07) is 6.42. The van der Waals surface area contributed by atoms with Crippen LogP contribution < -0.4 is 0 Å². The monoisotopic (exact) mass is 251 g/mol. The lowest BCUT2D eigenvalue weighted by Gasteiger charge is -1.97. The van der Waals surface area contributed by atoms with Crippen molar-refractivity contribution in [3.8, 4) is 10.6 Å². The fourth-order valence-electron chi connectivity index (χ4n) is 1.37. The molecular formula is C12H10FNO2S. The van der Waals surface area contributed by atoms with Gasteiger partial charge in [-0.2, -0.15) is 0 Å². The van der Waals surface area contributed by atoms with Crippen LogP contribution in [0.5, 0.6) is 0 Å². The molecule has 0 bridgehead atoms. The Labute approximate surface area is 102 Å². The Morgan fingerprint density at radius 3 is 2.94 bits per heavy atom. The van der Waals surface area contributed by atoms with Gasteiger partial charge >= 0.3 is 5.97 Å². The van der Waals surface area contributed by atoms with E-state index in [2.05, 4.69) is 9.72 Å². The molecule has 5 heteroatoms. The first-order chi connectivity index (χ1) is 8.20. The van der Waals surface area contributed by atoms with Crippen LogP contribution in [-0.2, 0) is 16.0 Å². The number of carbonyl (C=O) groups is 1. The van der Waals surface area contributed by atoms with E-state index in [9.17, 15) is 9.18 Å². The number of ether oxygens (including phenoxy) is 1. The Bertz CT molecular complexity index is 539. The van der Waals surface area contributed by atoms with Gasteiger partial charge in [-0.3, -0.25) is 4.79 Å². The smallest absolute Gasteiger partial charge is 0.311 e. The van der Waals surface area contributed by atoms with Crippen LogP contribution in [0, 0.1) is 5.82 Å². The van der Waals surface area contributed by atoms with Gasteiger partial charge in [-0.15, -0.1) is 11.3 Å². The summed E-state index contributed by atoms with van der Waals surface area (Å²) in [6.45, 7) is 0. The molecule has 1 aromatic carbocycles. The molecule has 0 spiro atoms. The first kappa shape index (κ1) is 11.7. The summed E-state index contributed by atoms with van der Waals surface area (Å²) < 4.78 is 18.0. The van der Waals surface area contributed by atoms with E-state index in [1.54, 1.807) is 23.6 Å². The molecule has 17 heavy (non-hydrogen) atoms. The zero-order chi connectivity index (χ0) is 12.3. The van der Waals surface area contributed by atoms with Crippen LogP contribution in [0.4, 0.5) is 4.39 Å². The normalized spacial score (nSPS) is 10.2. The quantitative estimate of drug-likeness (QED) is 0.787. The lowest BCUT2D eigenvalue weighted by Crippen LogP contribution is -2.04. The molecule has 1 heterocycles. The maximum Gasteiger partial charge on any atom is 0.311 e. The first-order valence-electron chi connectivity index (χ1n) is 4.97. The Kier molecular flexibility index (Phi) is 3.49. The molecule has 88 valence electrons. The highest BCUT2D eigenvalue weighted by Gasteiger charge is 2.11. The number of thiazole rings is 1. The van der Waals surface area contributed by atoms with Crippen LogP contribution in [-0.4, -0.2) is 18.1 Å². The van der Waals surface area contributed by atoms with Crippen LogP contribution in [0.2, 0.25) is 0 Å². The number of rotatable bonds is 3. The van der Waals surface area contributed by atoms with Crippen LogP contribution in [0.1, 0.15) is 5.69 Å². The molecule has 0 N–H and O–H groups in total. The minimum atomic E-state index is -0.351. The van der Waals surface area contributed by atoms with Crippen LogP contribution in [0.3, 0.4) is 0 Å². The Morgan fingerprint density at radius 2 is 2.24 bits per heavy atom. The summed E-state index contributed by atoms with van der Waals surface area (Å²) in [7, 11) is 1.33. The lowest BCUT2D eigenvalue weighted by atomic mass is 10.2. The number of benzene rings is 1. The zero-order valence-electron chi connectivity index (χ0n) is 9.14. The lowest BCUT2D eigenvalue weighted by molar-refractivity contribution is -0.139. The molecule has 0 atom stereocenters. The molecule has 2 rings (SSSR count). The van der Waals surface area contributed by atoms with Gasteiger partial charge in [-0.1, -0.05) is 12.1 Å². The molecule has 0 saturated heterocycles. The van der Waals surface area contributed by atoms with Gasteiger partial charge in [0.1, 0.15) is 10.8 Å². The average Bonchev–Trinajstić information content (AvgIpc) is 2.78. The zero-order valence-corrected chi connectivity index (χ0v) is 9.96. The predicted molar refractivity (Wildman–Crippen MR) is 63.2 cm³/mol. The topological polar surface area (TPSA) is 39.2 Å². The number of nitrogens with zero attached hydrogens (tertiary/aromatic N) is 1. The van der Waals surface area contributed by atoms with E-state index in [4.69, 9.17) is 0 Å². The number of esters is 1. The van der Waals surface area contributed by atoms with Crippen molar-refractivity contribution in [3.05, 3.63) is 41.2 Å². The second-order valence-corrected chi connectivity index (χ2v) is 4.23. The molecular weight excluding hydrogens is 241 g/mol. The van der Waals surface area contributed by atoms with Gasteiger partial charge in [0, 0.05) is 10.9 Å². The molecule has 0 aliphatic rings. The second kappa shape index (κ2) is 5.05. The third kappa shape index (κ3) is 2.68. The molecule has 0 amide bonds. The van der Waals surface area contributed by atoms with Crippen LogP contribution in [0.15, 0.2) is 29.6 Å². The van der Waals surface area contributed by atoms with Crippen molar-refractivity contribution in [3.63, 3.8) is 0 Å². The highest BCUT2D eigenvalue weighted by Crippen LogP contribution is 2.26. The molecule has 3 nitrogen and oxygen atoms in total. The van der Waals surface area contributed by atoms with Crippen LogP contribution in [0.25, 0.3) is 10.6 Å². The molecule has 0 radical (unpaired) electrons. The number of halogens is 1. The molecule has 0 aliphatic heterocycles. The van der Waals surface area contributed by atoms with Crippen molar-refractivity contribution in [2.75, 3.05) is 7.11 Å². The van der Waals surface area contributed by atoms with E-state index < -0.39 is 0 Å². The summed E-state index contributed by atoms with van der Waals surface area (Å²) in [5.41, 5.74) is 1.05. The summed E-state index contributed by atoms with van der Waals surface area (Å²) in [5, 5.41) is 2.31. The summed E-state index contributed by atoms with van der Waals surface area (Å²) in [5.74, 6) is -0.665. The van der Waals surface area contributed by atoms with Gasteiger partial charge in [-0.05, 0) is 12.1 Å². The molecule has 2 aromatic rings. The minimum absolute atomic E-state index is 0.113. The van der Waals surface area contributed by atoms with E-state index in [1.807, 2.05) is 0 Å². The minimum Gasteiger partial charge on any atom is -0.469 e. The van der Waals surface area contributed by atoms with Gasteiger partial charge in [0.15, 0.2) is 0 Å². The molecule has 0 unspecified atom stereocenters. The van der Waals surface area contributed by atoms with Crippen molar-refractivity contribution in [2.24, 2.45) is 0 Å². The standard InChI is InChI=1S/C12H10FNO2S/c1-16-11(15)6-8-7-17-12(14-8)9-4-2-3-5-10(9)13/h2-5,7H,6H2,1H3. The number of methoxy groups -OCH3 is 1. The SMILES string of the molecule is COC(=O)Cc1csc(-c2ccccc2F)n1. The second-order valence-electron chi connectivity index (χ2n) is 3.38. The van der Waals surface area contributed by atoms with E-state index >= 15 is 0 Å². The molecule has 0 fully saturated rings. The first-order valence-corrected chi connectivity index (χ1v) is 5.85. The van der Waals surface area contributed by atoms with Crippen molar-refractivity contribution >= 4 is 17.3 Å². The van der Waals surface area contributed by atoms with Gasteiger partial charge in [0.05, 0.1) is 19.2 Å². The van der Waals surface area contributed by atoms with E-state index in [-0.39, 0.29) is 18.2 Å². The largest absolute Gasteiger partial charge is 0.469 e. The number of hydrogen-bond donors (Lipinski definition) is 0. The fraction of sp³-hybridized carbons (Fsp3) is 0.167. The number of carbonyl (C=O) groups excluding carboxylic acids is 1. The van der Waals surface area contributed by atoms with Gasteiger partial charge < -0.3 is 4.74 Å². The van der Waals surface area contributed by atoms with E-state index in [0.29, 0.717) is 16.3 Å². The van der Waals surface area contributed by atoms with Crippen molar-refractivity contribution < 1.29 is 13.9 Å². The van der Waals surface area contributed by atoms with Gasteiger partial charge in [0.2, 0.25) is 0 Å². The van der Waals surface area contributed by atoms with Crippen molar-refractivity contribution in [1.29, 1.82) is 0 Å². The Hall–Kier alpha value is -1.75. The van der Waals surface area contributed by atoms with E-state index in [1.165, 1.54) is 24.5 Å². The number of hydrogen-bond acceptors (Lipinski definition) is 4. The Balaban J connectivity index is 2.24. The maximum atomic E-state index is 13.5. The van der Waals surface area contributed by atoms with E-state index in [0.717, 1.165) is 0 Å². The molecule has 0 saturated carbocycles. The van der Waals surface area contributed by atoms with Crippen molar-refractivity contribution in [1.82, 2.24) is 4.98 Å². The highest BCUT2D eigenvalue weighted by atomic mass is 32.1. The highest BCUT2D eigenvalue weighted by molar-refractivity contribution is 7.13. The summed E-state index contributed by atoms with van der Waals surface area (Å²) in [4.78, 5) is 15.3. The third-order valence-electron chi connectivity index (χ3n) is 2.21. The van der Waals surface area contributed by atoms with Crippen molar-refractivity contribution in [2.45, 2.75) is 6.42 Å². The number of aromatic nitrogens is 1. The predicted octanol–water partition coefficient (Wildman–Crippen LogP) is 2.66. The summed E-state index contributed by atoms with van der Waals surface area (Å²) >= 11 is 1.31. The average molecular weight is 251 g/mol. The van der Waals surface area contributed by atoms with Gasteiger partial charge in [0.25, 0.3) is 0 Å². The maximum absolute atomic E-state index is 13.5.